The Bertz CT molecular complexity index is 505. The second-order valence-electron chi connectivity index (χ2n) is 3.64. The summed E-state index contributed by atoms with van der Waals surface area (Å²) < 4.78 is 0. The number of aromatic nitrogens is 2. The molecule has 1 aromatic carbocycles. The van der Waals surface area contributed by atoms with Gasteiger partial charge in [-0.15, -0.1) is 0 Å². The Kier molecular flexibility index (Phi) is 2.87. The summed E-state index contributed by atoms with van der Waals surface area (Å²) in [4.78, 5) is 11.7. The molecule has 2 rings (SSSR count). The zero-order valence-corrected chi connectivity index (χ0v) is 9.24. The number of H-pyrrole nitrogens is 1. The first kappa shape index (κ1) is 10.6. The molecule has 0 fully saturated rings. The minimum absolute atomic E-state index is 0.0652. The fraction of sp³-hybridized carbons (Fsp3) is 0.273. The molecule has 1 unspecified atom stereocenters. The number of likely N-dealkylation sites (N-methyl/N-ethyl adjacent to an activating group) is 1. The number of rotatable bonds is 3. The van der Waals surface area contributed by atoms with Crippen LogP contribution in [0.5, 0.6) is 0 Å². The first-order valence-corrected chi connectivity index (χ1v) is 5.12. The summed E-state index contributed by atoms with van der Waals surface area (Å²) in [5.41, 5.74) is 1.60. The number of hydrogen-bond donors (Lipinski definition) is 3. The molecule has 1 amide bonds. The van der Waals surface area contributed by atoms with Crippen molar-refractivity contribution < 1.29 is 4.79 Å². The predicted octanol–water partition coefficient (Wildman–Crippen LogP) is 1.11. The highest BCUT2D eigenvalue weighted by atomic mass is 16.2. The van der Waals surface area contributed by atoms with E-state index in [1.54, 1.807) is 13.2 Å². The summed E-state index contributed by atoms with van der Waals surface area (Å²) in [7, 11) is 1.75. The third-order valence-electron chi connectivity index (χ3n) is 2.56. The van der Waals surface area contributed by atoms with Crippen molar-refractivity contribution >= 4 is 22.5 Å². The zero-order valence-electron chi connectivity index (χ0n) is 9.24. The number of aromatic amines is 1. The van der Waals surface area contributed by atoms with E-state index in [2.05, 4.69) is 20.8 Å². The van der Waals surface area contributed by atoms with Crippen molar-refractivity contribution in [1.82, 2.24) is 15.5 Å². The molecule has 5 nitrogen and oxygen atoms in total. The maximum atomic E-state index is 11.7. The van der Waals surface area contributed by atoms with Crippen LogP contribution in [0.15, 0.2) is 24.4 Å². The Morgan fingerprint density at radius 2 is 2.31 bits per heavy atom. The summed E-state index contributed by atoms with van der Waals surface area (Å²) >= 11 is 0. The average Bonchev–Trinajstić information content (AvgIpc) is 2.77. The molecule has 0 saturated heterocycles. The van der Waals surface area contributed by atoms with Crippen molar-refractivity contribution in [3.63, 3.8) is 0 Å². The normalized spacial score (nSPS) is 12.6. The Labute approximate surface area is 93.2 Å². The van der Waals surface area contributed by atoms with Crippen LogP contribution >= 0.6 is 0 Å². The van der Waals surface area contributed by atoms with Crippen LogP contribution in [0.4, 0.5) is 5.69 Å². The fourth-order valence-corrected chi connectivity index (χ4v) is 1.45. The van der Waals surface area contributed by atoms with Crippen molar-refractivity contribution in [2.45, 2.75) is 13.0 Å². The van der Waals surface area contributed by atoms with Gasteiger partial charge in [-0.05, 0) is 20.0 Å². The van der Waals surface area contributed by atoms with E-state index in [1.807, 2.05) is 25.1 Å². The van der Waals surface area contributed by atoms with E-state index < -0.39 is 0 Å². The number of amides is 1. The zero-order chi connectivity index (χ0) is 11.5. The summed E-state index contributed by atoms with van der Waals surface area (Å²) in [6, 6.07) is 5.45. The number of carbonyl (C=O) groups is 1. The fourth-order valence-electron chi connectivity index (χ4n) is 1.45. The van der Waals surface area contributed by atoms with Crippen LogP contribution in [0.3, 0.4) is 0 Å². The average molecular weight is 218 g/mol. The van der Waals surface area contributed by atoms with Gasteiger partial charge in [0.05, 0.1) is 23.4 Å². The third-order valence-corrected chi connectivity index (χ3v) is 2.56. The van der Waals surface area contributed by atoms with E-state index in [1.165, 1.54) is 0 Å². The van der Waals surface area contributed by atoms with Crippen LogP contribution < -0.4 is 10.6 Å². The highest BCUT2D eigenvalue weighted by molar-refractivity contribution is 6.01. The molecule has 0 radical (unpaired) electrons. The number of para-hydroxylation sites is 1. The molecule has 1 heterocycles. The first-order valence-electron chi connectivity index (χ1n) is 5.12. The lowest BCUT2D eigenvalue weighted by Gasteiger charge is -2.11. The number of hydrogen-bond acceptors (Lipinski definition) is 3. The molecule has 16 heavy (non-hydrogen) atoms. The van der Waals surface area contributed by atoms with Gasteiger partial charge >= 0.3 is 0 Å². The SMILES string of the molecule is CNC(C)C(=O)Nc1cccc2cn[nH]c12. The Morgan fingerprint density at radius 1 is 1.50 bits per heavy atom. The van der Waals surface area contributed by atoms with Gasteiger partial charge in [0.15, 0.2) is 0 Å². The highest BCUT2D eigenvalue weighted by Gasteiger charge is 2.12. The van der Waals surface area contributed by atoms with E-state index in [4.69, 9.17) is 0 Å². The standard InChI is InChI=1S/C11H14N4O/c1-7(12-2)11(16)14-9-5-3-4-8-6-13-15-10(8)9/h3-7,12H,1-2H3,(H,13,15)(H,14,16). The van der Waals surface area contributed by atoms with E-state index in [9.17, 15) is 4.79 Å². The van der Waals surface area contributed by atoms with Gasteiger partial charge in [-0.25, -0.2) is 0 Å². The molecule has 2 aromatic rings. The van der Waals surface area contributed by atoms with Crippen molar-refractivity contribution in [2.24, 2.45) is 0 Å². The van der Waals surface area contributed by atoms with Gasteiger partial charge in [0.1, 0.15) is 0 Å². The number of carbonyl (C=O) groups excluding carboxylic acids is 1. The number of nitrogens with one attached hydrogen (secondary N) is 3. The number of anilines is 1. The molecule has 1 atom stereocenters. The van der Waals surface area contributed by atoms with E-state index in [-0.39, 0.29) is 11.9 Å². The molecular weight excluding hydrogens is 204 g/mol. The number of fused-ring (bicyclic) bond motifs is 1. The molecule has 0 spiro atoms. The summed E-state index contributed by atoms with van der Waals surface area (Å²) in [6.07, 6.45) is 1.73. The van der Waals surface area contributed by atoms with E-state index in [0.29, 0.717) is 0 Å². The second-order valence-corrected chi connectivity index (χ2v) is 3.64. The van der Waals surface area contributed by atoms with Crippen LogP contribution in [0.25, 0.3) is 10.9 Å². The molecule has 0 saturated carbocycles. The Hall–Kier alpha value is -1.88. The molecule has 0 aliphatic heterocycles. The van der Waals surface area contributed by atoms with Crippen LogP contribution in [0.2, 0.25) is 0 Å². The predicted molar refractivity (Wildman–Crippen MR) is 63.2 cm³/mol. The van der Waals surface area contributed by atoms with Crippen LogP contribution in [-0.4, -0.2) is 29.2 Å². The largest absolute Gasteiger partial charge is 0.323 e. The van der Waals surface area contributed by atoms with Crippen LogP contribution in [0, 0.1) is 0 Å². The smallest absolute Gasteiger partial charge is 0.241 e. The first-order chi connectivity index (χ1) is 7.72. The summed E-state index contributed by atoms with van der Waals surface area (Å²) in [5, 5.41) is 13.5. The topological polar surface area (TPSA) is 69.8 Å². The van der Waals surface area contributed by atoms with Gasteiger partial charge in [0, 0.05) is 5.39 Å². The molecule has 3 N–H and O–H groups in total. The van der Waals surface area contributed by atoms with Gasteiger partial charge in [-0.1, -0.05) is 12.1 Å². The Balaban J connectivity index is 2.27. The third kappa shape index (κ3) is 1.90. The lowest BCUT2D eigenvalue weighted by molar-refractivity contribution is -0.117. The molecule has 1 aromatic heterocycles. The molecule has 0 aliphatic rings. The molecule has 5 heteroatoms. The lowest BCUT2D eigenvalue weighted by Crippen LogP contribution is -2.35. The van der Waals surface area contributed by atoms with E-state index in [0.717, 1.165) is 16.6 Å². The lowest BCUT2D eigenvalue weighted by atomic mass is 10.2. The minimum atomic E-state index is -0.224. The summed E-state index contributed by atoms with van der Waals surface area (Å²) in [6.45, 7) is 1.81. The van der Waals surface area contributed by atoms with Crippen molar-refractivity contribution in [1.29, 1.82) is 0 Å². The van der Waals surface area contributed by atoms with Crippen molar-refractivity contribution in [2.75, 3.05) is 12.4 Å². The summed E-state index contributed by atoms with van der Waals surface area (Å²) in [5.74, 6) is -0.0652. The maximum Gasteiger partial charge on any atom is 0.241 e. The van der Waals surface area contributed by atoms with Gasteiger partial charge < -0.3 is 10.6 Å². The van der Waals surface area contributed by atoms with Gasteiger partial charge in [-0.2, -0.15) is 5.10 Å². The van der Waals surface area contributed by atoms with Crippen molar-refractivity contribution in [3.8, 4) is 0 Å². The Morgan fingerprint density at radius 3 is 3.06 bits per heavy atom. The van der Waals surface area contributed by atoms with Gasteiger partial charge in [0.25, 0.3) is 0 Å². The second kappa shape index (κ2) is 4.32. The molecule has 84 valence electrons. The quantitative estimate of drug-likeness (QED) is 0.722. The van der Waals surface area contributed by atoms with Gasteiger partial charge in [0.2, 0.25) is 5.91 Å². The maximum absolute atomic E-state index is 11.7. The molecular formula is C11H14N4O. The molecule has 0 bridgehead atoms. The van der Waals surface area contributed by atoms with Crippen LogP contribution in [0.1, 0.15) is 6.92 Å². The highest BCUT2D eigenvalue weighted by Crippen LogP contribution is 2.20. The minimum Gasteiger partial charge on any atom is -0.323 e. The number of benzene rings is 1. The molecule has 0 aliphatic carbocycles. The number of nitrogens with zero attached hydrogens (tertiary/aromatic N) is 1. The van der Waals surface area contributed by atoms with Crippen molar-refractivity contribution in [3.05, 3.63) is 24.4 Å². The van der Waals surface area contributed by atoms with E-state index >= 15 is 0 Å². The van der Waals surface area contributed by atoms with Crippen LogP contribution in [-0.2, 0) is 4.79 Å². The van der Waals surface area contributed by atoms with Gasteiger partial charge in [-0.3, -0.25) is 9.89 Å². The monoisotopic (exact) mass is 218 g/mol.